The Bertz CT molecular complexity index is 763. The summed E-state index contributed by atoms with van der Waals surface area (Å²) in [5.41, 5.74) is 1.85. The van der Waals surface area contributed by atoms with Crippen molar-refractivity contribution in [3.05, 3.63) is 53.2 Å². The van der Waals surface area contributed by atoms with Crippen LogP contribution in [0.25, 0.3) is 0 Å². The molecule has 0 unspecified atom stereocenters. The number of nitrogens with zero attached hydrogens (tertiary/aromatic N) is 1. The van der Waals surface area contributed by atoms with Gasteiger partial charge in [-0.3, -0.25) is 4.79 Å². The maximum absolute atomic E-state index is 12.0. The number of amides is 1. The van der Waals surface area contributed by atoms with E-state index >= 15 is 0 Å². The van der Waals surface area contributed by atoms with E-state index in [0.717, 1.165) is 11.3 Å². The molecule has 0 aliphatic carbocycles. The molecule has 1 amide bonds. The molecule has 1 aromatic heterocycles. The van der Waals surface area contributed by atoms with Crippen molar-refractivity contribution in [1.29, 1.82) is 0 Å². The van der Waals surface area contributed by atoms with Gasteiger partial charge in [0.1, 0.15) is 11.5 Å². The Morgan fingerprint density at radius 1 is 1.21 bits per heavy atom. The fourth-order valence-corrected chi connectivity index (χ4v) is 3.48. The average Bonchev–Trinajstić information content (AvgIpc) is 2.84. The summed E-state index contributed by atoms with van der Waals surface area (Å²) in [6.07, 6.45) is 1.17. The molecule has 24 heavy (non-hydrogen) atoms. The largest absolute Gasteiger partial charge is 0.444 e. The third kappa shape index (κ3) is 5.81. The number of sulfone groups is 1. The van der Waals surface area contributed by atoms with Crippen LogP contribution in [0.15, 0.2) is 34.7 Å². The molecule has 0 aliphatic rings. The number of rotatable bonds is 8. The minimum atomic E-state index is -3.42. The summed E-state index contributed by atoms with van der Waals surface area (Å²) in [6.45, 7) is 3.68. The highest BCUT2D eigenvalue weighted by Gasteiger charge is 2.17. The van der Waals surface area contributed by atoms with Crippen LogP contribution < -0.4 is 5.32 Å². The highest BCUT2D eigenvalue weighted by molar-refractivity contribution is 7.92. The van der Waals surface area contributed by atoms with E-state index in [-0.39, 0.29) is 12.3 Å². The number of carbonyl (C=O) groups is 1. The molecule has 0 atom stereocenters. The predicted octanol–water partition coefficient (Wildman–Crippen LogP) is 1.96. The number of carbonyl (C=O) groups excluding carboxylic acids is 1. The Morgan fingerprint density at radius 3 is 2.54 bits per heavy atom. The first kappa shape index (κ1) is 18.2. The summed E-state index contributed by atoms with van der Waals surface area (Å²) >= 11 is 0. The molecule has 6 nitrogen and oxygen atoms in total. The molecular formula is C17H22N2O4S. The third-order valence-corrected chi connectivity index (χ3v) is 5.24. The first-order valence-electron chi connectivity index (χ1n) is 7.80. The Kier molecular flexibility index (Phi) is 6.14. The van der Waals surface area contributed by atoms with Crippen molar-refractivity contribution in [1.82, 2.24) is 10.3 Å². The summed E-state index contributed by atoms with van der Waals surface area (Å²) in [5.74, 6) is 0.00307. The van der Waals surface area contributed by atoms with E-state index in [1.807, 2.05) is 30.3 Å². The van der Waals surface area contributed by atoms with Crippen LogP contribution in [-0.2, 0) is 27.6 Å². The van der Waals surface area contributed by atoms with Crippen molar-refractivity contribution < 1.29 is 17.6 Å². The highest BCUT2D eigenvalue weighted by Crippen LogP contribution is 2.08. The lowest BCUT2D eigenvalue weighted by Gasteiger charge is -2.05. The lowest BCUT2D eigenvalue weighted by atomic mass is 10.1. The highest BCUT2D eigenvalue weighted by atomic mass is 32.2. The summed E-state index contributed by atoms with van der Waals surface area (Å²) in [6, 6.07) is 9.67. The number of hydrogen-bond donors (Lipinski definition) is 1. The van der Waals surface area contributed by atoms with E-state index in [9.17, 15) is 13.2 Å². The van der Waals surface area contributed by atoms with E-state index in [2.05, 4.69) is 10.3 Å². The molecule has 0 saturated carbocycles. The monoisotopic (exact) mass is 350 g/mol. The topological polar surface area (TPSA) is 89.3 Å². The fraction of sp³-hybridized carbons (Fsp3) is 0.412. The van der Waals surface area contributed by atoms with E-state index in [4.69, 9.17) is 4.42 Å². The van der Waals surface area contributed by atoms with Gasteiger partial charge in [0.15, 0.2) is 9.84 Å². The van der Waals surface area contributed by atoms with Crippen molar-refractivity contribution in [2.45, 2.75) is 33.2 Å². The van der Waals surface area contributed by atoms with Gasteiger partial charge in [0.25, 0.3) is 0 Å². The van der Waals surface area contributed by atoms with Crippen molar-refractivity contribution >= 4 is 15.7 Å². The van der Waals surface area contributed by atoms with Crippen molar-refractivity contribution in [3.8, 4) is 0 Å². The Morgan fingerprint density at radius 2 is 1.92 bits per heavy atom. The van der Waals surface area contributed by atoms with Crippen LogP contribution in [-0.4, -0.2) is 30.8 Å². The second-order valence-electron chi connectivity index (χ2n) is 5.71. The lowest BCUT2D eigenvalue weighted by molar-refractivity contribution is -0.118. The summed E-state index contributed by atoms with van der Waals surface area (Å²) in [7, 11) is -3.42. The maximum atomic E-state index is 12.0. The van der Waals surface area contributed by atoms with E-state index in [0.29, 0.717) is 24.5 Å². The maximum Gasteiger partial charge on any atom is 0.235 e. The molecule has 1 heterocycles. The first-order valence-corrected chi connectivity index (χ1v) is 9.62. The lowest BCUT2D eigenvalue weighted by Crippen LogP contribution is -2.31. The van der Waals surface area contributed by atoms with Crippen LogP contribution in [0, 0.1) is 13.8 Å². The Labute approximate surface area is 142 Å². The SMILES string of the molecule is Cc1nc(CNC(=O)CS(=O)(=O)CCCc2ccccc2)oc1C. The van der Waals surface area contributed by atoms with E-state index < -0.39 is 21.5 Å². The van der Waals surface area contributed by atoms with Crippen LogP contribution in [0.5, 0.6) is 0 Å². The van der Waals surface area contributed by atoms with Gasteiger partial charge in [-0.05, 0) is 32.3 Å². The van der Waals surface area contributed by atoms with Crippen molar-refractivity contribution in [2.24, 2.45) is 0 Å². The predicted molar refractivity (Wildman–Crippen MR) is 91.2 cm³/mol. The van der Waals surface area contributed by atoms with Gasteiger partial charge in [0.2, 0.25) is 11.8 Å². The van der Waals surface area contributed by atoms with Crippen LogP contribution in [0.1, 0.15) is 29.3 Å². The second kappa shape index (κ2) is 8.10. The van der Waals surface area contributed by atoms with Gasteiger partial charge in [-0.2, -0.15) is 0 Å². The molecule has 0 spiro atoms. The number of nitrogens with one attached hydrogen (secondary N) is 1. The zero-order valence-electron chi connectivity index (χ0n) is 13.9. The normalized spacial score (nSPS) is 11.4. The van der Waals surface area contributed by atoms with Crippen molar-refractivity contribution in [3.63, 3.8) is 0 Å². The van der Waals surface area contributed by atoms with Crippen LogP contribution >= 0.6 is 0 Å². The van der Waals surface area contributed by atoms with Crippen LogP contribution in [0.4, 0.5) is 0 Å². The molecule has 7 heteroatoms. The zero-order valence-corrected chi connectivity index (χ0v) is 14.7. The van der Waals surface area contributed by atoms with Gasteiger partial charge < -0.3 is 9.73 Å². The van der Waals surface area contributed by atoms with E-state index in [1.54, 1.807) is 13.8 Å². The van der Waals surface area contributed by atoms with Crippen LogP contribution in [0.2, 0.25) is 0 Å². The number of benzene rings is 1. The average molecular weight is 350 g/mol. The minimum absolute atomic E-state index is 0.00741. The molecule has 1 N–H and O–H groups in total. The Hall–Kier alpha value is -2.15. The molecule has 130 valence electrons. The molecule has 0 bridgehead atoms. The van der Waals surface area contributed by atoms with Crippen molar-refractivity contribution in [2.75, 3.05) is 11.5 Å². The summed E-state index contributed by atoms with van der Waals surface area (Å²) < 4.78 is 29.3. The van der Waals surface area contributed by atoms with Gasteiger partial charge in [0.05, 0.1) is 18.0 Å². The molecule has 2 rings (SSSR count). The third-order valence-electron chi connectivity index (χ3n) is 3.62. The second-order valence-corrected chi connectivity index (χ2v) is 7.89. The Balaban J connectivity index is 1.75. The fourth-order valence-electron chi connectivity index (χ4n) is 2.25. The standard InChI is InChI=1S/C17H22N2O4S/c1-13-14(2)23-17(19-13)11-18-16(20)12-24(21,22)10-6-9-15-7-4-3-5-8-15/h3-5,7-8H,6,9-12H2,1-2H3,(H,18,20). The number of aryl methyl sites for hydroxylation is 3. The molecule has 0 saturated heterocycles. The molecule has 1 aromatic carbocycles. The van der Waals surface area contributed by atoms with Crippen LogP contribution in [0.3, 0.4) is 0 Å². The van der Waals surface area contributed by atoms with Gasteiger partial charge in [0, 0.05) is 0 Å². The number of oxazole rings is 1. The zero-order chi connectivity index (χ0) is 17.6. The molecule has 0 fully saturated rings. The quantitative estimate of drug-likeness (QED) is 0.786. The smallest absolute Gasteiger partial charge is 0.235 e. The molecule has 0 radical (unpaired) electrons. The first-order chi connectivity index (χ1) is 11.4. The molecular weight excluding hydrogens is 328 g/mol. The van der Waals surface area contributed by atoms with E-state index in [1.165, 1.54) is 0 Å². The summed E-state index contributed by atoms with van der Waals surface area (Å²) in [5, 5.41) is 2.53. The van der Waals surface area contributed by atoms with Gasteiger partial charge in [-0.1, -0.05) is 30.3 Å². The number of aromatic nitrogens is 1. The summed E-state index contributed by atoms with van der Waals surface area (Å²) in [4.78, 5) is 15.9. The van der Waals surface area contributed by atoms with Gasteiger partial charge >= 0.3 is 0 Å². The van der Waals surface area contributed by atoms with Gasteiger partial charge in [-0.25, -0.2) is 13.4 Å². The minimum Gasteiger partial charge on any atom is -0.444 e. The molecule has 2 aromatic rings. The number of hydrogen-bond acceptors (Lipinski definition) is 5. The van der Waals surface area contributed by atoms with Gasteiger partial charge in [-0.15, -0.1) is 0 Å². The molecule has 0 aliphatic heterocycles.